The van der Waals surface area contributed by atoms with Crippen LogP contribution in [0.15, 0.2) is 17.3 Å². The zero-order chi connectivity index (χ0) is 8.69. The summed E-state index contributed by atoms with van der Waals surface area (Å²) in [5.41, 5.74) is 0.972. The Morgan fingerprint density at radius 2 is 2.18 bits per heavy atom. The van der Waals surface area contributed by atoms with E-state index in [1.165, 1.54) is 0 Å². The van der Waals surface area contributed by atoms with Crippen LogP contribution in [-0.2, 0) is 4.79 Å². The number of carbonyl (C=O) groups is 1. The molecule has 0 rings (SSSR count). The third-order valence-corrected chi connectivity index (χ3v) is 1.27. The summed E-state index contributed by atoms with van der Waals surface area (Å²) in [7, 11) is 1.74. The monoisotopic (exact) mass is 154 g/mol. The number of rotatable bonds is 4. The summed E-state index contributed by atoms with van der Waals surface area (Å²) < 4.78 is 0. The second-order valence-electron chi connectivity index (χ2n) is 2.42. The highest BCUT2D eigenvalue weighted by Crippen LogP contribution is 1.97. The lowest BCUT2D eigenvalue weighted by molar-refractivity contribution is -0.108. The van der Waals surface area contributed by atoms with E-state index in [9.17, 15) is 4.79 Å². The zero-order valence-electron chi connectivity index (χ0n) is 7.16. The Labute approximate surface area is 67.2 Å². The minimum Gasteiger partial charge on any atom is -0.335 e. The first-order chi connectivity index (χ1) is 5.22. The molecule has 0 aliphatic rings. The van der Waals surface area contributed by atoms with E-state index in [2.05, 4.69) is 10.3 Å². The van der Waals surface area contributed by atoms with Gasteiger partial charge >= 0.3 is 0 Å². The molecule has 0 fully saturated rings. The summed E-state index contributed by atoms with van der Waals surface area (Å²) >= 11 is 0. The number of carbonyl (C=O) groups excluding carboxylic acids is 1. The maximum Gasteiger partial charge on any atom is 0.211 e. The summed E-state index contributed by atoms with van der Waals surface area (Å²) in [6.45, 7) is 4.10. The van der Waals surface area contributed by atoms with Gasteiger partial charge in [0.1, 0.15) is 0 Å². The lowest BCUT2D eigenvalue weighted by Crippen LogP contribution is -2.06. The fourth-order valence-electron chi connectivity index (χ4n) is 0.698. The van der Waals surface area contributed by atoms with Crippen LogP contribution < -0.4 is 5.32 Å². The van der Waals surface area contributed by atoms with Crippen molar-refractivity contribution >= 4 is 12.1 Å². The van der Waals surface area contributed by atoms with Gasteiger partial charge in [-0.25, -0.2) is 0 Å². The van der Waals surface area contributed by atoms with Gasteiger partial charge in [-0.3, -0.25) is 9.79 Å². The summed E-state index contributed by atoms with van der Waals surface area (Å²) in [6.07, 6.45) is 4.00. The van der Waals surface area contributed by atoms with E-state index < -0.39 is 0 Å². The second-order valence-corrected chi connectivity index (χ2v) is 2.42. The van der Waals surface area contributed by atoms with Crippen molar-refractivity contribution in [3.8, 4) is 0 Å². The standard InChI is InChI=1S/C8H14N2O/c1-7(2)8(9-3)4-5-10-6-11/h4-7H,1-3H3,(H,10,11)/b5-4-,9-8?. The molecule has 11 heavy (non-hydrogen) atoms. The molecule has 3 nitrogen and oxygen atoms in total. The van der Waals surface area contributed by atoms with Gasteiger partial charge in [-0.1, -0.05) is 13.8 Å². The number of allylic oxidation sites excluding steroid dienone is 1. The first kappa shape index (κ1) is 9.88. The number of nitrogens with zero attached hydrogens (tertiary/aromatic N) is 1. The van der Waals surface area contributed by atoms with Crippen LogP contribution in [-0.4, -0.2) is 19.2 Å². The molecule has 0 aliphatic carbocycles. The second kappa shape index (κ2) is 5.65. The SMILES string of the molecule is CN=C(/C=C\NC=O)C(C)C. The van der Waals surface area contributed by atoms with Crippen LogP contribution in [0, 0.1) is 5.92 Å². The Kier molecular flexibility index (Phi) is 5.07. The van der Waals surface area contributed by atoms with Gasteiger partial charge in [-0.15, -0.1) is 0 Å². The fraction of sp³-hybridized carbons (Fsp3) is 0.500. The van der Waals surface area contributed by atoms with Crippen LogP contribution in [0.2, 0.25) is 0 Å². The molecule has 62 valence electrons. The smallest absolute Gasteiger partial charge is 0.211 e. The maximum absolute atomic E-state index is 9.84. The summed E-state index contributed by atoms with van der Waals surface area (Å²) in [5, 5.41) is 2.43. The Hall–Kier alpha value is -1.12. The van der Waals surface area contributed by atoms with E-state index in [0.29, 0.717) is 12.3 Å². The summed E-state index contributed by atoms with van der Waals surface area (Å²) in [5.74, 6) is 0.393. The van der Waals surface area contributed by atoms with Gasteiger partial charge in [0.05, 0.1) is 0 Å². The van der Waals surface area contributed by atoms with Gasteiger partial charge in [0.2, 0.25) is 6.41 Å². The third kappa shape index (κ3) is 4.31. The van der Waals surface area contributed by atoms with E-state index in [0.717, 1.165) is 5.71 Å². The van der Waals surface area contributed by atoms with Crippen molar-refractivity contribution in [1.29, 1.82) is 0 Å². The molecule has 1 amide bonds. The van der Waals surface area contributed by atoms with Crippen molar-refractivity contribution in [2.24, 2.45) is 10.9 Å². The van der Waals surface area contributed by atoms with E-state index in [1.54, 1.807) is 19.3 Å². The first-order valence-electron chi connectivity index (χ1n) is 3.55. The average molecular weight is 154 g/mol. The van der Waals surface area contributed by atoms with Crippen molar-refractivity contribution < 1.29 is 4.79 Å². The molecular weight excluding hydrogens is 140 g/mol. The number of hydrogen-bond donors (Lipinski definition) is 1. The van der Waals surface area contributed by atoms with Crippen molar-refractivity contribution in [2.45, 2.75) is 13.8 Å². The molecule has 0 aromatic heterocycles. The van der Waals surface area contributed by atoms with Crippen molar-refractivity contribution in [1.82, 2.24) is 5.32 Å². The molecule has 3 heteroatoms. The van der Waals surface area contributed by atoms with Crippen LogP contribution in [0.5, 0.6) is 0 Å². The minimum atomic E-state index is 0.393. The average Bonchev–Trinajstić information content (AvgIpc) is 1.97. The number of aliphatic imine (C=N–C) groups is 1. The molecule has 0 saturated heterocycles. The Bertz CT molecular complexity index is 171. The zero-order valence-corrected chi connectivity index (χ0v) is 7.16. The Balaban J connectivity index is 3.98. The van der Waals surface area contributed by atoms with Gasteiger partial charge in [0.15, 0.2) is 0 Å². The van der Waals surface area contributed by atoms with Crippen LogP contribution in [0.1, 0.15) is 13.8 Å². The molecule has 0 heterocycles. The molecule has 0 radical (unpaired) electrons. The van der Waals surface area contributed by atoms with E-state index >= 15 is 0 Å². The summed E-state index contributed by atoms with van der Waals surface area (Å²) in [4.78, 5) is 13.9. The largest absolute Gasteiger partial charge is 0.335 e. The molecule has 0 aromatic carbocycles. The molecule has 0 aromatic rings. The Morgan fingerprint density at radius 3 is 2.55 bits per heavy atom. The fourth-order valence-corrected chi connectivity index (χ4v) is 0.698. The van der Waals surface area contributed by atoms with Gasteiger partial charge in [0, 0.05) is 19.0 Å². The topological polar surface area (TPSA) is 41.5 Å². The number of hydrogen-bond acceptors (Lipinski definition) is 2. The molecule has 0 unspecified atom stereocenters. The molecule has 0 saturated carbocycles. The third-order valence-electron chi connectivity index (χ3n) is 1.27. The molecule has 0 aliphatic heterocycles. The Morgan fingerprint density at radius 1 is 1.55 bits per heavy atom. The predicted octanol–water partition coefficient (Wildman–Crippen LogP) is 0.973. The molecule has 1 N–H and O–H groups in total. The van der Waals surface area contributed by atoms with Gasteiger partial charge in [-0.2, -0.15) is 0 Å². The van der Waals surface area contributed by atoms with Crippen molar-refractivity contribution in [3.63, 3.8) is 0 Å². The highest BCUT2D eigenvalue weighted by Gasteiger charge is 1.97. The van der Waals surface area contributed by atoms with Crippen LogP contribution in [0.3, 0.4) is 0 Å². The maximum atomic E-state index is 9.84. The number of nitrogens with one attached hydrogen (secondary N) is 1. The normalized spacial score (nSPS) is 12.5. The molecular formula is C8H14N2O. The number of amides is 1. The van der Waals surface area contributed by atoms with E-state index in [4.69, 9.17) is 0 Å². The van der Waals surface area contributed by atoms with E-state index in [-0.39, 0.29) is 0 Å². The minimum absolute atomic E-state index is 0.393. The van der Waals surface area contributed by atoms with E-state index in [1.807, 2.05) is 13.8 Å². The van der Waals surface area contributed by atoms with Crippen molar-refractivity contribution in [3.05, 3.63) is 12.3 Å². The van der Waals surface area contributed by atoms with Crippen molar-refractivity contribution in [2.75, 3.05) is 7.05 Å². The van der Waals surface area contributed by atoms with Crippen LogP contribution >= 0.6 is 0 Å². The molecule has 0 atom stereocenters. The first-order valence-corrected chi connectivity index (χ1v) is 3.55. The van der Waals surface area contributed by atoms with Gasteiger partial charge < -0.3 is 5.32 Å². The van der Waals surface area contributed by atoms with Crippen LogP contribution in [0.25, 0.3) is 0 Å². The predicted molar refractivity (Wildman–Crippen MR) is 46.5 cm³/mol. The molecule has 0 bridgehead atoms. The van der Waals surface area contributed by atoms with Crippen LogP contribution in [0.4, 0.5) is 0 Å². The van der Waals surface area contributed by atoms with Gasteiger partial charge in [0.25, 0.3) is 0 Å². The lowest BCUT2D eigenvalue weighted by atomic mass is 10.1. The van der Waals surface area contributed by atoms with Gasteiger partial charge in [-0.05, 0) is 12.0 Å². The molecule has 0 spiro atoms. The highest BCUT2D eigenvalue weighted by molar-refractivity contribution is 5.96. The highest BCUT2D eigenvalue weighted by atomic mass is 16.1. The summed E-state index contributed by atoms with van der Waals surface area (Å²) in [6, 6.07) is 0. The quantitative estimate of drug-likeness (QED) is 0.476. The lowest BCUT2D eigenvalue weighted by Gasteiger charge is -2.02.